The van der Waals surface area contributed by atoms with Crippen LogP contribution in [0.25, 0.3) is 0 Å². The van der Waals surface area contributed by atoms with Gasteiger partial charge >= 0.3 is 0 Å². The first-order valence-electron chi connectivity index (χ1n) is 10.3. The maximum absolute atomic E-state index is 13.2. The van der Waals surface area contributed by atoms with Crippen molar-refractivity contribution in [1.82, 2.24) is 4.90 Å². The summed E-state index contributed by atoms with van der Waals surface area (Å²) in [5, 5.41) is 0. The van der Waals surface area contributed by atoms with Crippen LogP contribution in [-0.4, -0.2) is 41.2 Å². The molecule has 2 aliphatic carbocycles. The lowest BCUT2D eigenvalue weighted by Gasteiger charge is -2.38. The lowest BCUT2D eigenvalue weighted by Crippen LogP contribution is -2.47. The second-order valence-electron chi connectivity index (χ2n) is 9.05. The molecule has 2 N–H and O–H groups in total. The van der Waals surface area contributed by atoms with Crippen LogP contribution >= 0.6 is 0 Å². The highest BCUT2D eigenvalue weighted by Gasteiger charge is 2.71. The summed E-state index contributed by atoms with van der Waals surface area (Å²) < 4.78 is 6.42. The van der Waals surface area contributed by atoms with Crippen molar-refractivity contribution in [2.45, 2.75) is 44.6 Å². The Balaban J connectivity index is 1.35. The van der Waals surface area contributed by atoms with Crippen LogP contribution in [0.5, 0.6) is 5.75 Å². The van der Waals surface area contributed by atoms with Crippen molar-refractivity contribution in [2.24, 2.45) is 29.4 Å². The maximum atomic E-state index is 13.2. The molecule has 3 fully saturated rings. The number of ketones is 1. The van der Waals surface area contributed by atoms with Gasteiger partial charge in [0.1, 0.15) is 11.4 Å². The van der Waals surface area contributed by atoms with E-state index in [1.54, 1.807) is 0 Å². The zero-order chi connectivity index (χ0) is 19.6. The standard InChI is InChI=1S/C22H26N2O4/c1-12-4-5-17-15(9-12)16(25)10-22(28-17)7-6-14-18(19(14)22)21(27)24-8-2-3-13(11-24)20(23)26/h4-5,9,13-14,18-19H,2-3,6-8,10-11H2,1H3,(H2,23,26). The van der Waals surface area contributed by atoms with Gasteiger partial charge in [0.15, 0.2) is 5.78 Å². The Labute approximate surface area is 164 Å². The summed E-state index contributed by atoms with van der Waals surface area (Å²) in [6.07, 6.45) is 3.68. The van der Waals surface area contributed by atoms with E-state index in [-0.39, 0.29) is 35.4 Å². The fraction of sp³-hybridized carbons (Fsp3) is 0.591. The third-order valence-electron chi connectivity index (χ3n) is 7.31. The molecule has 0 bridgehead atoms. The van der Waals surface area contributed by atoms with Crippen molar-refractivity contribution in [3.63, 3.8) is 0 Å². The van der Waals surface area contributed by atoms with Crippen molar-refractivity contribution in [3.8, 4) is 5.75 Å². The van der Waals surface area contributed by atoms with Gasteiger partial charge in [0.25, 0.3) is 0 Å². The number of rotatable bonds is 2. The number of amides is 2. The molecule has 1 aromatic carbocycles. The summed E-state index contributed by atoms with van der Waals surface area (Å²) in [4.78, 5) is 39.4. The second-order valence-corrected chi connectivity index (χ2v) is 9.05. The van der Waals surface area contributed by atoms with E-state index in [1.807, 2.05) is 30.0 Å². The van der Waals surface area contributed by atoms with E-state index in [9.17, 15) is 14.4 Å². The number of ether oxygens (including phenoxy) is 1. The summed E-state index contributed by atoms with van der Waals surface area (Å²) in [7, 11) is 0. The van der Waals surface area contributed by atoms with Crippen LogP contribution in [0.15, 0.2) is 18.2 Å². The molecule has 1 aromatic rings. The number of hydrogen-bond donors (Lipinski definition) is 1. The number of hydrogen-bond acceptors (Lipinski definition) is 4. The summed E-state index contributed by atoms with van der Waals surface area (Å²) in [6.45, 7) is 3.09. The van der Waals surface area contributed by atoms with E-state index < -0.39 is 5.60 Å². The highest BCUT2D eigenvalue weighted by molar-refractivity contribution is 6.01. The minimum Gasteiger partial charge on any atom is -0.486 e. The molecule has 2 saturated carbocycles. The number of carbonyl (C=O) groups is 3. The highest BCUT2D eigenvalue weighted by atomic mass is 16.5. The van der Waals surface area contributed by atoms with E-state index in [0.29, 0.717) is 36.7 Å². The number of aryl methyl sites for hydroxylation is 1. The number of carbonyl (C=O) groups excluding carboxylic acids is 3. The number of likely N-dealkylation sites (tertiary alicyclic amines) is 1. The Morgan fingerprint density at radius 3 is 2.89 bits per heavy atom. The first-order valence-corrected chi connectivity index (χ1v) is 10.3. The molecule has 1 saturated heterocycles. The predicted molar refractivity (Wildman–Crippen MR) is 102 cm³/mol. The van der Waals surface area contributed by atoms with Crippen LogP contribution in [0.2, 0.25) is 0 Å². The van der Waals surface area contributed by atoms with Crippen LogP contribution < -0.4 is 10.5 Å². The fourth-order valence-electron chi connectivity index (χ4n) is 5.88. The molecule has 6 nitrogen and oxygen atoms in total. The lowest BCUT2D eigenvalue weighted by atomic mass is 9.83. The zero-order valence-electron chi connectivity index (χ0n) is 16.1. The molecule has 6 heteroatoms. The van der Waals surface area contributed by atoms with E-state index in [1.165, 1.54) is 0 Å². The topological polar surface area (TPSA) is 89.7 Å². The largest absolute Gasteiger partial charge is 0.486 e. The van der Waals surface area contributed by atoms with Gasteiger partial charge in [-0.2, -0.15) is 0 Å². The molecule has 28 heavy (non-hydrogen) atoms. The maximum Gasteiger partial charge on any atom is 0.226 e. The van der Waals surface area contributed by atoms with Crippen molar-refractivity contribution in [3.05, 3.63) is 29.3 Å². The molecule has 5 atom stereocenters. The molecule has 2 heterocycles. The molecular formula is C22H26N2O4. The van der Waals surface area contributed by atoms with Gasteiger partial charge in [-0.05, 0) is 50.7 Å². The summed E-state index contributed by atoms with van der Waals surface area (Å²) in [6, 6.07) is 5.74. The summed E-state index contributed by atoms with van der Waals surface area (Å²) in [5.41, 5.74) is 6.63. The molecule has 2 amide bonds. The van der Waals surface area contributed by atoms with Crippen LogP contribution in [0, 0.1) is 30.6 Å². The number of piperidine rings is 1. The van der Waals surface area contributed by atoms with Crippen molar-refractivity contribution in [2.75, 3.05) is 13.1 Å². The Morgan fingerprint density at radius 1 is 1.29 bits per heavy atom. The van der Waals surface area contributed by atoms with Crippen LogP contribution in [0.1, 0.15) is 48.0 Å². The first-order chi connectivity index (χ1) is 13.4. The fourth-order valence-corrected chi connectivity index (χ4v) is 5.88. The van der Waals surface area contributed by atoms with Crippen molar-refractivity contribution < 1.29 is 19.1 Å². The monoisotopic (exact) mass is 382 g/mol. The highest BCUT2D eigenvalue weighted by Crippen LogP contribution is 2.66. The van der Waals surface area contributed by atoms with Gasteiger partial charge < -0.3 is 15.4 Å². The summed E-state index contributed by atoms with van der Waals surface area (Å²) >= 11 is 0. The predicted octanol–water partition coefficient (Wildman–Crippen LogP) is 2.08. The Hall–Kier alpha value is -2.37. The minimum atomic E-state index is -0.538. The minimum absolute atomic E-state index is 0.0832. The molecule has 0 radical (unpaired) electrons. The average Bonchev–Trinajstić information content (AvgIpc) is 3.32. The molecule has 0 aromatic heterocycles. The van der Waals surface area contributed by atoms with E-state index in [4.69, 9.17) is 10.5 Å². The van der Waals surface area contributed by atoms with Crippen LogP contribution in [-0.2, 0) is 9.59 Å². The number of fused-ring (bicyclic) bond motifs is 3. The van der Waals surface area contributed by atoms with Crippen molar-refractivity contribution >= 4 is 17.6 Å². The molecule has 2 aliphatic heterocycles. The van der Waals surface area contributed by atoms with Gasteiger partial charge in [0, 0.05) is 24.9 Å². The molecule has 1 spiro atoms. The normalized spacial score (nSPS) is 35.9. The van der Waals surface area contributed by atoms with Gasteiger partial charge in [-0.1, -0.05) is 11.6 Å². The molecular weight excluding hydrogens is 356 g/mol. The van der Waals surface area contributed by atoms with E-state index in [2.05, 4.69) is 0 Å². The molecule has 148 valence electrons. The average molecular weight is 382 g/mol. The quantitative estimate of drug-likeness (QED) is 0.848. The molecule has 5 rings (SSSR count). The van der Waals surface area contributed by atoms with Crippen molar-refractivity contribution in [1.29, 1.82) is 0 Å². The number of primary amides is 1. The number of benzene rings is 1. The van der Waals surface area contributed by atoms with Gasteiger partial charge in [0.2, 0.25) is 11.8 Å². The Morgan fingerprint density at radius 2 is 2.11 bits per heavy atom. The number of nitrogens with zero attached hydrogens (tertiary/aromatic N) is 1. The van der Waals surface area contributed by atoms with Gasteiger partial charge in [0.05, 0.1) is 17.9 Å². The molecule has 4 aliphatic rings. The summed E-state index contributed by atoms with van der Waals surface area (Å²) in [5.74, 6) is 0.647. The third-order valence-corrected chi connectivity index (χ3v) is 7.31. The zero-order valence-corrected chi connectivity index (χ0v) is 16.1. The lowest BCUT2D eigenvalue weighted by molar-refractivity contribution is -0.137. The SMILES string of the molecule is Cc1ccc2c(c1)C(=O)CC1(CCC3C(C(=O)N4CCCC(C(N)=O)C4)C31)O2. The molecule has 5 unspecified atom stereocenters. The van der Waals surface area contributed by atoms with Crippen LogP contribution in [0.3, 0.4) is 0 Å². The Kier molecular flexibility index (Phi) is 3.83. The number of nitrogens with two attached hydrogens (primary N) is 1. The number of Topliss-reactive ketones (excluding diaryl/α,β-unsaturated/α-hetero) is 1. The van der Waals surface area contributed by atoms with E-state index in [0.717, 1.165) is 31.2 Å². The first kappa shape index (κ1) is 17.7. The van der Waals surface area contributed by atoms with Gasteiger partial charge in [-0.3, -0.25) is 14.4 Å². The van der Waals surface area contributed by atoms with Crippen LogP contribution in [0.4, 0.5) is 0 Å². The smallest absolute Gasteiger partial charge is 0.226 e. The van der Waals surface area contributed by atoms with Gasteiger partial charge in [-0.15, -0.1) is 0 Å². The Bertz CT molecular complexity index is 881. The second kappa shape index (κ2) is 6.06. The van der Waals surface area contributed by atoms with E-state index >= 15 is 0 Å². The van der Waals surface area contributed by atoms with Gasteiger partial charge in [-0.25, -0.2) is 0 Å². The third kappa shape index (κ3) is 2.57.